The number of benzene rings is 4. The Hall–Kier alpha value is -3.92. The number of hydrogen-bond donors (Lipinski definition) is 2. The van der Waals surface area contributed by atoms with Gasteiger partial charge in [0.05, 0.1) is 17.1 Å². The molecule has 4 heteroatoms. The second kappa shape index (κ2) is 16.6. The summed E-state index contributed by atoms with van der Waals surface area (Å²) in [6.07, 6.45) is 10.4. The maximum Gasteiger partial charge on any atom is 0.165 e. The number of aromatic hydroxyl groups is 2. The third-order valence-electron chi connectivity index (χ3n) is 8.10. The fraction of sp³-hybridized carbons (Fsp3) is 0.385. The topological polar surface area (TPSA) is 65.2 Å². The molecular weight excluding hydrogens is 528 g/mol. The van der Waals surface area contributed by atoms with Gasteiger partial charge in [-0.15, -0.1) is 0 Å². The van der Waals surface area contributed by atoms with E-state index >= 15 is 0 Å². The standard InChI is InChI=1S/C26H36N2.C13H14O2/c1-6-11-12-26(28-25-16-14-21(8-3)23(10-5)18-25)19-27-24-15-13-20(7-2)22(9-4)17-24;1-3-9-5-4-6-10-12(9)8(2)7-11(14)13(10)15/h13-19H,6-12H2,1-5H3;4-7,14-15H,3H2,1-2H3. The molecule has 0 unspecified atom stereocenters. The SMILES string of the molecule is CCCCC(C=Nc1ccc(CC)c(CC)c1)=Nc1ccc(CC)c(CC)c1.CCc1cccc2c(O)c(O)cc(C)c12. The molecule has 4 nitrogen and oxygen atoms in total. The molecule has 0 heterocycles. The van der Waals surface area contributed by atoms with Crippen LogP contribution in [0.15, 0.2) is 70.6 Å². The van der Waals surface area contributed by atoms with E-state index in [9.17, 15) is 10.2 Å². The molecule has 0 amide bonds. The van der Waals surface area contributed by atoms with Crippen molar-refractivity contribution in [3.05, 3.63) is 94.0 Å². The monoisotopic (exact) mass is 578 g/mol. The van der Waals surface area contributed by atoms with Crippen molar-refractivity contribution in [2.75, 3.05) is 0 Å². The Bertz CT molecular complexity index is 1570. The summed E-state index contributed by atoms with van der Waals surface area (Å²) >= 11 is 0. The van der Waals surface area contributed by atoms with Gasteiger partial charge in [0.2, 0.25) is 0 Å². The third kappa shape index (κ3) is 8.79. The van der Waals surface area contributed by atoms with Crippen molar-refractivity contribution in [3.63, 3.8) is 0 Å². The molecule has 0 bridgehead atoms. The molecule has 2 N–H and O–H groups in total. The number of hydrogen-bond acceptors (Lipinski definition) is 4. The normalized spacial score (nSPS) is 11.7. The summed E-state index contributed by atoms with van der Waals surface area (Å²) in [7, 11) is 0. The smallest absolute Gasteiger partial charge is 0.165 e. The second-order valence-electron chi connectivity index (χ2n) is 11.0. The highest BCUT2D eigenvalue weighted by atomic mass is 16.3. The molecule has 0 atom stereocenters. The molecule has 0 aliphatic carbocycles. The number of aliphatic imine (C=N–C) groups is 2. The van der Waals surface area contributed by atoms with Crippen molar-refractivity contribution in [1.82, 2.24) is 0 Å². The molecule has 0 radical (unpaired) electrons. The zero-order valence-corrected chi connectivity index (χ0v) is 27.3. The van der Waals surface area contributed by atoms with Crippen LogP contribution in [0, 0.1) is 6.92 Å². The molecule has 0 aliphatic heterocycles. The van der Waals surface area contributed by atoms with Gasteiger partial charge >= 0.3 is 0 Å². The molecule has 4 rings (SSSR count). The second-order valence-corrected chi connectivity index (χ2v) is 11.0. The molecule has 4 aromatic rings. The van der Waals surface area contributed by atoms with Gasteiger partial charge in [0.1, 0.15) is 0 Å². The van der Waals surface area contributed by atoms with Crippen molar-refractivity contribution in [2.45, 2.75) is 99.8 Å². The van der Waals surface area contributed by atoms with Crippen molar-refractivity contribution >= 4 is 34.1 Å². The van der Waals surface area contributed by atoms with Crippen LogP contribution in [0.1, 0.15) is 94.2 Å². The number of aryl methyl sites for hydroxylation is 6. The van der Waals surface area contributed by atoms with E-state index in [4.69, 9.17) is 9.98 Å². The molecule has 0 aliphatic rings. The van der Waals surface area contributed by atoms with Crippen LogP contribution in [0.3, 0.4) is 0 Å². The first kappa shape index (κ1) is 33.6. The van der Waals surface area contributed by atoms with E-state index < -0.39 is 0 Å². The Morgan fingerprint density at radius 2 is 1.26 bits per heavy atom. The molecule has 228 valence electrons. The summed E-state index contributed by atoms with van der Waals surface area (Å²) in [6.45, 7) is 15.1. The van der Waals surface area contributed by atoms with Crippen LogP contribution in [0.25, 0.3) is 10.8 Å². The van der Waals surface area contributed by atoms with E-state index in [0.29, 0.717) is 0 Å². The summed E-state index contributed by atoms with van der Waals surface area (Å²) < 4.78 is 0. The van der Waals surface area contributed by atoms with Gasteiger partial charge < -0.3 is 10.2 Å². The molecule has 43 heavy (non-hydrogen) atoms. The molecule has 0 saturated carbocycles. The lowest BCUT2D eigenvalue weighted by Crippen LogP contribution is -2.00. The van der Waals surface area contributed by atoms with Crippen LogP contribution in [0.5, 0.6) is 11.5 Å². The van der Waals surface area contributed by atoms with Crippen molar-refractivity contribution in [1.29, 1.82) is 0 Å². The number of phenolic OH excluding ortho intramolecular Hbond substituents is 2. The van der Waals surface area contributed by atoms with Crippen LogP contribution in [0.2, 0.25) is 0 Å². The minimum atomic E-state index is -0.0479. The predicted molar refractivity (Wildman–Crippen MR) is 187 cm³/mol. The first-order valence-electron chi connectivity index (χ1n) is 16.1. The fourth-order valence-electron chi connectivity index (χ4n) is 5.59. The van der Waals surface area contributed by atoms with Gasteiger partial charge in [-0.3, -0.25) is 9.98 Å². The van der Waals surface area contributed by atoms with Crippen molar-refractivity contribution in [3.8, 4) is 11.5 Å². The Labute approximate surface area is 259 Å². The highest BCUT2D eigenvalue weighted by molar-refractivity contribution is 6.31. The third-order valence-corrected chi connectivity index (χ3v) is 8.10. The maximum atomic E-state index is 9.75. The average Bonchev–Trinajstić information content (AvgIpc) is 3.04. The Balaban J connectivity index is 0.000000282. The minimum Gasteiger partial charge on any atom is -0.504 e. The molecular formula is C39H50N2O2. The van der Waals surface area contributed by atoms with Crippen LogP contribution >= 0.6 is 0 Å². The van der Waals surface area contributed by atoms with Crippen LogP contribution in [-0.2, 0) is 32.1 Å². The molecule has 0 fully saturated rings. The quantitative estimate of drug-likeness (QED) is 0.137. The molecule has 0 aromatic heterocycles. The first-order chi connectivity index (χ1) is 20.8. The molecule has 0 saturated heterocycles. The van der Waals surface area contributed by atoms with Gasteiger partial charge in [0, 0.05) is 11.6 Å². The molecule has 4 aromatic carbocycles. The van der Waals surface area contributed by atoms with E-state index in [1.807, 2.05) is 31.3 Å². The number of rotatable bonds is 11. The van der Waals surface area contributed by atoms with Gasteiger partial charge in [-0.25, -0.2) is 0 Å². The van der Waals surface area contributed by atoms with E-state index in [2.05, 4.69) is 77.9 Å². The Morgan fingerprint density at radius 3 is 1.84 bits per heavy atom. The Kier molecular flexibility index (Phi) is 13.0. The highest BCUT2D eigenvalue weighted by Gasteiger charge is 2.10. The van der Waals surface area contributed by atoms with E-state index in [-0.39, 0.29) is 11.5 Å². The van der Waals surface area contributed by atoms with Gasteiger partial charge in [-0.1, -0.05) is 78.3 Å². The summed E-state index contributed by atoms with van der Waals surface area (Å²) in [6, 6.07) is 20.6. The summed E-state index contributed by atoms with van der Waals surface area (Å²) in [5.41, 5.74) is 11.0. The zero-order valence-electron chi connectivity index (χ0n) is 27.3. The zero-order chi connectivity index (χ0) is 31.4. The minimum absolute atomic E-state index is 0.0223. The van der Waals surface area contributed by atoms with Crippen LogP contribution < -0.4 is 0 Å². The lowest BCUT2D eigenvalue weighted by atomic mass is 9.97. The number of unbranched alkanes of at least 4 members (excludes halogenated alkanes) is 1. The number of fused-ring (bicyclic) bond motifs is 1. The van der Waals surface area contributed by atoms with Gasteiger partial charge in [-0.2, -0.15) is 0 Å². The van der Waals surface area contributed by atoms with E-state index in [1.165, 1.54) is 27.8 Å². The average molecular weight is 579 g/mol. The Morgan fingerprint density at radius 1 is 0.674 bits per heavy atom. The highest BCUT2D eigenvalue weighted by Crippen LogP contribution is 2.37. The van der Waals surface area contributed by atoms with Crippen molar-refractivity contribution < 1.29 is 10.2 Å². The molecule has 0 spiro atoms. The summed E-state index contributed by atoms with van der Waals surface area (Å²) in [5.74, 6) is -0.0702. The van der Waals surface area contributed by atoms with Gasteiger partial charge in [0.15, 0.2) is 11.5 Å². The predicted octanol–water partition coefficient (Wildman–Crippen LogP) is 10.7. The lowest BCUT2D eigenvalue weighted by molar-refractivity contribution is 0.408. The number of nitrogens with zero attached hydrogens (tertiary/aromatic N) is 2. The fourth-order valence-corrected chi connectivity index (χ4v) is 5.59. The van der Waals surface area contributed by atoms with Crippen molar-refractivity contribution in [2.24, 2.45) is 9.98 Å². The largest absolute Gasteiger partial charge is 0.504 e. The lowest BCUT2D eigenvalue weighted by Gasteiger charge is -2.10. The van der Waals surface area contributed by atoms with Gasteiger partial charge in [0.25, 0.3) is 0 Å². The first-order valence-corrected chi connectivity index (χ1v) is 16.1. The van der Waals surface area contributed by atoms with E-state index in [1.54, 1.807) is 6.07 Å². The van der Waals surface area contributed by atoms with Crippen LogP contribution in [0.4, 0.5) is 11.4 Å². The van der Waals surface area contributed by atoms with E-state index in [0.717, 1.165) is 84.8 Å². The number of phenols is 2. The summed E-state index contributed by atoms with van der Waals surface area (Å²) in [5, 5.41) is 21.0. The summed E-state index contributed by atoms with van der Waals surface area (Å²) in [4.78, 5) is 9.70. The van der Waals surface area contributed by atoms with Gasteiger partial charge in [-0.05, 0) is 121 Å². The van der Waals surface area contributed by atoms with Crippen LogP contribution in [-0.4, -0.2) is 22.1 Å². The maximum absolute atomic E-state index is 9.75.